The standard InChI is InChI=1S/C16H17ClN2O4/c1-10(8-12-4-3-7-23-12)18-15(20)16(21)19-13-9-11(17)5-6-14(13)22-2/h3-7,9-10H,8H2,1-2H3,(H,18,20)(H,19,21). The van der Waals surface area contributed by atoms with Crippen molar-refractivity contribution in [2.45, 2.75) is 19.4 Å². The number of furan rings is 1. The zero-order valence-electron chi connectivity index (χ0n) is 12.8. The highest BCUT2D eigenvalue weighted by molar-refractivity contribution is 6.40. The van der Waals surface area contributed by atoms with Crippen molar-refractivity contribution in [3.05, 3.63) is 47.4 Å². The maximum atomic E-state index is 12.0. The first-order valence-corrected chi connectivity index (χ1v) is 7.35. The van der Waals surface area contributed by atoms with Crippen LogP contribution in [0.5, 0.6) is 5.75 Å². The fraction of sp³-hybridized carbons (Fsp3) is 0.250. The van der Waals surface area contributed by atoms with Crippen molar-refractivity contribution in [2.75, 3.05) is 12.4 Å². The van der Waals surface area contributed by atoms with Crippen LogP contribution in [0, 0.1) is 0 Å². The first-order valence-electron chi connectivity index (χ1n) is 6.97. The highest BCUT2D eigenvalue weighted by atomic mass is 35.5. The monoisotopic (exact) mass is 336 g/mol. The second kappa shape index (κ2) is 7.69. The summed E-state index contributed by atoms with van der Waals surface area (Å²) in [6, 6.07) is 8.07. The van der Waals surface area contributed by atoms with Crippen molar-refractivity contribution in [2.24, 2.45) is 0 Å². The summed E-state index contributed by atoms with van der Waals surface area (Å²) in [5, 5.41) is 5.51. The van der Waals surface area contributed by atoms with Crippen LogP contribution in [0.3, 0.4) is 0 Å². The highest BCUT2D eigenvalue weighted by Crippen LogP contribution is 2.27. The smallest absolute Gasteiger partial charge is 0.313 e. The Balaban J connectivity index is 1.95. The number of rotatable bonds is 5. The first kappa shape index (κ1) is 16.9. The number of carbonyl (C=O) groups is 2. The zero-order chi connectivity index (χ0) is 16.8. The van der Waals surface area contributed by atoms with Gasteiger partial charge in [-0.25, -0.2) is 0 Å². The van der Waals surface area contributed by atoms with Crippen LogP contribution < -0.4 is 15.4 Å². The number of methoxy groups -OCH3 is 1. The molecule has 1 atom stereocenters. The molecule has 6 nitrogen and oxygen atoms in total. The lowest BCUT2D eigenvalue weighted by molar-refractivity contribution is -0.136. The molecular formula is C16H17ClN2O4. The van der Waals surface area contributed by atoms with E-state index in [-0.39, 0.29) is 6.04 Å². The Morgan fingerprint density at radius 2 is 2.09 bits per heavy atom. The minimum atomic E-state index is -0.795. The van der Waals surface area contributed by atoms with Gasteiger partial charge in [-0.15, -0.1) is 0 Å². The third-order valence-corrected chi connectivity index (χ3v) is 3.32. The maximum Gasteiger partial charge on any atom is 0.313 e. The van der Waals surface area contributed by atoms with Gasteiger partial charge in [0.2, 0.25) is 0 Å². The Labute approximate surface area is 138 Å². The number of hydrogen-bond acceptors (Lipinski definition) is 4. The molecule has 2 aromatic rings. The second-order valence-corrected chi connectivity index (χ2v) is 5.39. The molecular weight excluding hydrogens is 320 g/mol. The van der Waals surface area contributed by atoms with Crippen molar-refractivity contribution in [3.63, 3.8) is 0 Å². The quantitative estimate of drug-likeness (QED) is 0.822. The molecule has 1 aromatic heterocycles. The molecule has 2 rings (SSSR count). The fourth-order valence-corrected chi connectivity index (χ4v) is 2.20. The molecule has 0 aliphatic heterocycles. The van der Waals surface area contributed by atoms with Crippen LogP contribution in [0.15, 0.2) is 41.0 Å². The topological polar surface area (TPSA) is 80.6 Å². The normalized spacial score (nSPS) is 11.6. The van der Waals surface area contributed by atoms with Crippen LogP contribution in [0.4, 0.5) is 5.69 Å². The molecule has 1 aromatic carbocycles. The van der Waals surface area contributed by atoms with Gasteiger partial charge in [0.05, 0.1) is 19.1 Å². The molecule has 23 heavy (non-hydrogen) atoms. The summed E-state index contributed by atoms with van der Waals surface area (Å²) >= 11 is 5.88. The van der Waals surface area contributed by atoms with Gasteiger partial charge in [0, 0.05) is 17.5 Å². The van der Waals surface area contributed by atoms with Crippen molar-refractivity contribution in [3.8, 4) is 5.75 Å². The van der Waals surface area contributed by atoms with Gasteiger partial charge < -0.3 is 19.8 Å². The molecule has 0 aliphatic rings. The molecule has 0 spiro atoms. The summed E-state index contributed by atoms with van der Waals surface area (Å²) in [6.45, 7) is 1.79. The van der Waals surface area contributed by atoms with Gasteiger partial charge in [0.15, 0.2) is 0 Å². The van der Waals surface area contributed by atoms with Gasteiger partial charge in [-0.2, -0.15) is 0 Å². The molecule has 0 fully saturated rings. The molecule has 2 amide bonds. The summed E-state index contributed by atoms with van der Waals surface area (Å²) in [4.78, 5) is 23.9. The number of benzene rings is 1. The Morgan fingerprint density at radius 3 is 2.74 bits per heavy atom. The number of ether oxygens (including phenoxy) is 1. The Hall–Kier alpha value is -2.47. The summed E-state index contributed by atoms with van der Waals surface area (Å²) < 4.78 is 10.3. The fourth-order valence-electron chi connectivity index (χ4n) is 2.03. The second-order valence-electron chi connectivity index (χ2n) is 4.96. The van der Waals surface area contributed by atoms with E-state index in [0.29, 0.717) is 22.9 Å². The minimum Gasteiger partial charge on any atom is -0.495 e. The van der Waals surface area contributed by atoms with Crippen molar-refractivity contribution in [1.29, 1.82) is 0 Å². The van der Waals surface area contributed by atoms with E-state index in [2.05, 4.69) is 10.6 Å². The first-order chi connectivity index (χ1) is 11.0. The Bertz CT molecular complexity index is 685. The van der Waals surface area contributed by atoms with E-state index in [9.17, 15) is 9.59 Å². The molecule has 1 unspecified atom stereocenters. The molecule has 2 N–H and O–H groups in total. The molecule has 0 bridgehead atoms. The number of amides is 2. The number of anilines is 1. The Kier molecular flexibility index (Phi) is 5.65. The maximum absolute atomic E-state index is 12.0. The van der Waals surface area contributed by atoms with E-state index in [1.165, 1.54) is 13.2 Å². The average Bonchev–Trinajstić information content (AvgIpc) is 3.00. The number of hydrogen-bond donors (Lipinski definition) is 2. The summed E-state index contributed by atoms with van der Waals surface area (Å²) in [5.41, 5.74) is 0.332. The van der Waals surface area contributed by atoms with E-state index in [1.54, 1.807) is 37.5 Å². The average molecular weight is 337 g/mol. The molecule has 0 radical (unpaired) electrons. The highest BCUT2D eigenvalue weighted by Gasteiger charge is 2.18. The molecule has 0 saturated heterocycles. The van der Waals surface area contributed by atoms with Crippen LogP contribution in [-0.2, 0) is 16.0 Å². The third-order valence-electron chi connectivity index (χ3n) is 3.08. The number of nitrogens with one attached hydrogen (secondary N) is 2. The van der Waals surface area contributed by atoms with E-state index >= 15 is 0 Å². The molecule has 7 heteroatoms. The van der Waals surface area contributed by atoms with Gasteiger partial charge in [-0.3, -0.25) is 9.59 Å². The predicted octanol–water partition coefficient (Wildman–Crippen LogP) is 2.63. The number of halogens is 1. The van der Waals surface area contributed by atoms with E-state index in [1.807, 2.05) is 0 Å². The lowest BCUT2D eigenvalue weighted by atomic mass is 10.2. The van der Waals surface area contributed by atoms with Gasteiger partial charge in [0.25, 0.3) is 0 Å². The van der Waals surface area contributed by atoms with Gasteiger partial charge in [-0.05, 0) is 37.3 Å². The van der Waals surface area contributed by atoms with E-state index in [4.69, 9.17) is 20.8 Å². The van der Waals surface area contributed by atoms with Gasteiger partial charge in [0.1, 0.15) is 11.5 Å². The van der Waals surface area contributed by atoms with Crippen molar-refractivity contribution < 1.29 is 18.7 Å². The third kappa shape index (κ3) is 4.75. The largest absolute Gasteiger partial charge is 0.495 e. The van der Waals surface area contributed by atoms with E-state index in [0.717, 1.165) is 5.76 Å². The Morgan fingerprint density at radius 1 is 1.30 bits per heavy atom. The molecule has 122 valence electrons. The van der Waals surface area contributed by atoms with Crippen LogP contribution >= 0.6 is 11.6 Å². The number of carbonyl (C=O) groups excluding carboxylic acids is 2. The van der Waals surface area contributed by atoms with Crippen molar-refractivity contribution >= 4 is 29.1 Å². The van der Waals surface area contributed by atoms with Gasteiger partial charge >= 0.3 is 11.8 Å². The summed E-state index contributed by atoms with van der Waals surface area (Å²) in [7, 11) is 1.46. The van der Waals surface area contributed by atoms with Crippen LogP contribution in [-0.4, -0.2) is 25.0 Å². The van der Waals surface area contributed by atoms with Crippen molar-refractivity contribution in [1.82, 2.24) is 5.32 Å². The SMILES string of the molecule is COc1ccc(Cl)cc1NC(=O)C(=O)NC(C)Cc1ccco1. The van der Waals surface area contributed by atoms with Crippen LogP contribution in [0.25, 0.3) is 0 Å². The van der Waals surface area contributed by atoms with Crippen LogP contribution in [0.1, 0.15) is 12.7 Å². The van der Waals surface area contributed by atoms with Gasteiger partial charge in [-0.1, -0.05) is 11.6 Å². The summed E-state index contributed by atoms with van der Waals surface area (Å²) in [5.74, 6) is -0.392. The molecule has 0 aliphatic carbocycles. The molecule has 0 saturated carbocycles. The zero-order valence-corrected chi connectivity index (χ0v) is 13.5. The predicted molar refractivity (Wildman–Crippen MR) is 86.7 cm³/mol. The van der Waals surface area contributed by atoms with E-state index < -0.39 is 11.8 Å². The van der Waals surface area contributed by atoms with Crippen LogP contribution in [0.2, 0.25) is 5.02 Å². The lowest BCUT2D eigenvalue weighted by Crippen LogP contribution is -2.41. The minimum absolute atomic E-state index is 0.249. The lowest BCUT2D eigenvalue weighted by Gasteiger charge is -2.13. The summed E-state index contributed by atoms with van der Waals surface area (Å²) in [6.07, 6.45) is 2.05. The molecule has 1 heterocycles.